The first-order chi connectivity index (χ1) is 7.18. The molecular formula is C12H14BrFO. The summed E-state index contributed by atoms with van der Waals surface area (Å²) < 4.78 is 19.8. The number of ether oxygens (including phenoxy) is 1. The maximum atomic E-state index is 13.8. The predicted molar refractivity (Wildman–Crippen MR) is 61.5 cm³/mol. The molecule has 0 aliphatic heterocycles. The zero-order chi connectivity index (χ0) is 10.9. The van der Waals surface area contributed by atoms with Gasteiger partial charge in [0.15, 0.2) is 0 Å². The van der Waals surface area contributed by atoms with Gasteiger partial charge in [-0.05, 0) is 30.5 Å². The summed E-state index contributed by atoms with van der Waals surface area (Å²) in [4.78, 5) is 0. The molecule has 1 aromatic carbocycles. The lowest BCUT2D eigenvalue weighted by atomic mass is 9.65. The minimum atomic E-state index is -0.124. The van der Waals surface area contributed by atoms with Gasteiger partial charge in [-0.15, -0.1) is 0 Å². The molecule has 1 nitrogen and oxygen atoms in total. The highest BCUT2D eigenvalue weighted by Gasteiger charge is 2.40. The first-order valence-corrected chi connectivity index (χ1v) is 5.92. The smallest absolute Gasteiger partial charge is 0.128 e. The molecule has 0 amide bonds. The van der Waals surface area contributed by atoms with Crippen LogP contribution in [0.3, 0.4) is 0 Å². The summed E-state index contributed by atoms with van der Waals surface area (Å²) in [6.45, 7) is 0.617. The van der Waals surface area contributed by atoms with Gasteiger partial charge in [0, 0.05) is 17.0 Å². The van der Waals surface area contributed by atoms with Crippen molar-refractivity contribution in [3.05, 3.63) is 34.1 Å². The van der Waals surface area contributed by atoms with Crippen molar-refractivity contribution in [1.82, 2.24) is 0 Å². The number of rotatable bonds is 3. The molecule has 1 aliphatic rings. The molecule has 2 rings (SSSR count). The summed E-state index contributed by atoms with van der Waals surface area (Å²) in [6.07, 6.45) is 3.22. The largest absolute Gasteiger partial charge is 0.384 e. The molecule has 0 aromatic heterocycles. The normalized spacial score (nSPS) is 18.6. The van der Waals surface area contributed by atoms with Gasteiger partial charge in [0.1, 0.15) is 5.82 Å². The Bertz CT molecular complexity index is 361. The molecule has 0 saturated heterocycles. The third-order valence-corrected chi connectivity index (χ3v) is 3.73. The van der Waals surface area contributed by atoms with Crippen LogP contribution in [0.2, 0.25) is 0 Å². The average molecular weight is 273 g/mol. The van der Waals surface area contributed by atoms with Crippen LogP contribution in [0.4, 0.5) is 4.39 Å². The third-order valence-electron chi connectivity index (χ3n) is 3.23. The number of hydrogen-bond donors (Lipinski definition) is 0. The fourth-order valence-electron chi connectivity index (χ4n) is 2.29. The first kappa shape index (κ1) is 11.1. The number of hydrogen-bond acceptors (Lipinski definition) is 1. The van der Waals surface area contributed by atoms with E-state index in [2.05, 4.69) is 15.9 Å². The molecule has 1 saturated carbocycles. The van der Waals surface area contributed by atoms with Gasteiger partial charge in [-0.3, -0.25) is 0 Å². The van der Waals surface area contributed by atoms with Crippen molar-refractivity contribution < 1.29 is 9.13 Å². The van der Waals surface area contributed by atoms with E-state index in [0.29, 0.717) is 6.61 Å². The monoisotopic (exact) mass is 272 g/mol. The zero-order valence-electron chi connectivity index (χ0n) is 8.72. The Hall–Kier alpha value is -0.410. The quantitative estimate of drug-likeness (QED) is 0.816. The van der Waals surface area contributed by atoms with Crippen molar-refractivity contribution in [2.75, 3.05) is 13.7 Å². The summed E-state index contributed by atoms with van der Waals surface area (Å²) in [5.41, 5.74) is 0.735. The van der Waals surface area contributed by atoms with Gasteiger partial charge >= 0.3 is 0 Å². The lowest BCUT2D eigenvalue weighted by Crippen LogP contribution is -2.39. The Morgan fingerprint density at radius 1 is 1.47 bits per heavy atom. The first-order valence-electron chi connectivity index (χ1n) is 5.12. The number of halogens is 2. The molecule has 0 heterocycles. The van der Waals surface area contributed by atoms with Crippen LogP contribution < -0.4 is 0 Å². The summed E-state index contributed by atoms with van der Waals surface area (Å²) >= 11 is 3.27. The maximum Gasteiger partial charge on any atom is 0.128 e. The predicted octanol–water partition coefficient (Wildman–Crippen LogP) is 3.66. The molecule has 1 fully saturated rings. The van der Waals surface area contributed by atoms with Crippen molar-refractivity contribution in [3.63, 3.8) is 0 Å². The second-order valence-electron chi connectivity index (χ2n) is 4.19. The van der Waals surface area contributed by atoms with Crippen LogP contribution in [0.5, 0.6) is 0 Å². The molecule has 1 aromatic rings. The Morgan fingerprint density at radius 2 is 2.20 bits per heavy atom. The molecule has 0 bridgehead atoms. The fraction of sp³-hybridized carbons (Fsp3) is 0.500. The van der Waals surface area contributed by atoms with E-state index < -0.39 is 0 Å². The lowest BCUT2D eigenvalue weighted by molar-refractivity contribution is 0.0767. The average Bonchev–Trinajstić information content (AvgIpc) is 2.12. The molecular weight excluding hydrogens is 259 g/mol. The van der Waals surface area contributed by atoms with E-state index in [1.807, 2.05) is 12.1 Å². The molecule has 3 heteroatoms. The van der Waals surface area contributed by atoms with Crippen LogP contribution in [0, 0.1) is 5.82 Å². The van der Waals surface area contributed by atoms with Gasteiger partial charge in [0.05, 0.1) is 6.61 Å². The topological polar surface area (TPSA) is 9.23 Å². The van der Waals surface area contributed by atoms with E-state index in [4.69, 9.17) is 4.74 Å². The van der Waals surface area contributed by atoms with Crippen LogP contribution in [-0.2, 0) is 10.2 Å². The highest BCUT2D eigenvalue weighted by molar-refractivity contribution is 9.10. The van der Waals surface area contributed by atoms with Crippen LogP contribution in [0.25, 0.3) is 0 Å². The molecule has 0 atom stereocenters. The molecule has 0 unspecified atom stereocenters. The van der Waals surface area contributed by atoms with Crippen molar-refractivity contribution >= 4 is 15.9 Å². The Labute approximate surface area is 97.8 Å². The van der Waals surface area contributed by atoms with Crippen LogP contribution in [-0.4, -0.2) is 13.7 Å². The highest BCUT2D eigenvalue weighted by Crippen LogP contribution is 2.45. The number of methoxy groups -OCH3 is 1. The van der Waals surface area contributed by atoms with Crippen molar-refractivity contribution in [3.8, 4) is 0 Å². The molecule has 15 heavy (non-hydrogen) atoms. The van der Waals surface area contributed by atoms with Crippen molar-refractivity contribution in [2.24, 2.45) is 0 Å². The summed E-state index contributed by atoms with van der Waals surface area (Å²) in [5, 5.41) is 0. The second-order valence-corrected chi connectivity index (χ2v) is 5.11. The summed E-state index contributed by atoms with van der Waals surface area (Å²) in [5.74, 6) is -0.124. The Kier molecular flexibility index (Phi) is 3.12. The van der Waals surface area contributed by atoms with E-state index in [9.17, 15) is 4.39 Å². The third kappa shape index (κ3) is 1.95. The minimum Gasteiger partial charge on any atom is -0.384 e. The fourth-order valence-corrected chi connectivity index (χ4v) is 2.62. The van der Waals surface area contributed by atoms with E-state index in [1.54, 1.807) is 7.11 Å². The standard InChI is InChI=1S/C12H14BrFO/c1-15-8-12(5-2-6-12)10-4-3-9(13)7-11(10)14/h3-4,7H,2,5-6,8H2,1H3. The number of benzene rings is 1. The Balaban J connectivity index is 2.34. The van der Waals surface area contributed by atoms with Crippen molar-refractivity contribution in [2.45, 2.75) is 24.7 Å². The van der Waals surface area contributed by atoms with E-state index in [-0.39, 0.29) is 11.2 Å². The van der Waals surface area contributed by atoms with Gasteiger partial charge in [-0.2, -0.15) is 0 Å². The SMILES string of the molecule is COCC1(c2ccc(Br)cc2F)CCC1. The second kappa shape index (κ2) is 4.22. The van der Waals surface area contributed by atoms with Gasteiger partial charge in [-0.25, -0.2) is 4.39 Å². The van der Waals surface area contributed by atoms with Crippen LogP contribution in [0.1, 0.15) is 24.8 Å². The minimum absolute atomic E-state index is 0.0699. The molecule has 0 N–H and O–H groups in total. The molecule has 1 aliphatic carbocycles. The van der Waals surface area contributed by atoms with E-state index in [1.165, 1.54) is 12.5 Å². The summed E-state index contributed by atoms with van der Waals surface area (Å²) in [6, 6.07) is 5.30. The zero-order valence-corrected chi connectivity index (χ0v) is 10.3. The van der Waals surface area contributed by atoms with Gasteiger partial charge in [0.2, 0.25) is 0 Å². The van der Waals surface area contributed by atoms with E-state index in [0.717, 1.165) is 22.9 Å². The maximum absolute atomic E-state index is 13.8. The molecule has 0 spiro atoms. The van der Waals surface area contributed by atoms with E-state index >= 15 is 0 Å². The van der Waals surface area contributed by atoms with Gasteiger partial charge in [-0.1, -0.05) is 28.4 Å². The molecule has 0 radical (unpaired) electrons. The van der Waals surface area contributed by atoms with Crippen LogP contribution >= 0.6 is 15.9 Å². The van der Waals surface area contributed by atoms with Gasteiger partial charge < -0.3 is 4.74 Å². The van der Waals surface area contributed by atoms with Crippen molar-refractivity contribution in [1.29, 1.82) is 0 Å². The highest BCUT2D eigenvalue weighted by atomic mass is 79.9. The summed E-state index contributed by atoms with van der Waals surface area (Å²) in [7, 11) is 1.68. The lowest BCUT2D eigenvalue weighted by Gasteiger charge is -2.42. The van der Waals surface area contributed by atoms with Gasteiger partial charge in [0.25, 0.3) is 0 Å². The Morgan fingerprint density at radius 3 is 2.67 bits per heavy atom. The molecule has 82 valence electrons. The van der Waals surface area contributed by atoms with Crippen LogP contribution in [0.15, 0.2) is 22.7 Å².